The summed E-state index contributed by atoms with van der Waals surface area (Å²) in [4.78, 5) is 13.6. The highest BCUT2D eigenvalue weighted by molar-refractivity contribution is 6.42. The molecule has 0 atom stereocenters. The number of methoxy groups -OCH3 is 1. The Labute approximate surface area is 146 Å². The molecule has 0 saturated carbocycles. The SMILES string of the molecule is COCC(=O)NCCN1CCC(Oc2ccc(Cl)c(Cl)c2)CC1. The summed E-state index contributed by atoms with van der Waals surface area (Å²) in [6.07, 6.45) is 2.09. The lowest BCUT2D eigenvalue weighted by atomic mass is 10.1. The van der Waals surface area contributed by atoms with Crippen molar-refractivity contribution in [1.29, 1.82) is 0 Å². The third-order valence-corrected chi connectivity index (χ3v) is 4.49. The molecule has 1 N–H and O–H groups in total. The van der Waals surface area contributed by atoms with Crippen molar-refractivity contribution in [1.82, 2.24) is 10.2 Å². The van der Waals surface area contributed by atoms with Gasteiger partial charge >= 0.3 is 0 Å². The summed E-state index contributed by atoms with van der Waals surface area (Å²) < 4.78 is 10.7. The summed E-state index contributed by atoms with van der Waals surface area (Å²) in [5.41, 5.74) is 0. The minimum atomic E-state index is -0.0784. The van der Waals surface area contributed by atoms with Crippen LogP contribution in [0.5, 0.6) is 5.75 Å². The molecule has 1 saturated heterocycles. The van der Waals surface area contributed by atoms with Gasteiger partial charge in [-0.05, 0) is 25.0 Å². The van der Waals surface area contributed by atoms with Gasteiger partial charge in [-0.2, -0.15) is 0 Å². The Bertz CT molecular complexity index is 520. The molecule has 0 spiro atoms. The van der Waals surface area contributed by atoms with Gasteiger partial charge in [-0.25, -0.2) is 0 Å². The van der Waals surface area contributed by atoms with Crippen LogP contribution in [0.3, 0.4) is 0 Å². The van der Waals surface area contributed by atoms with Gasteiger partial charge in [0, 0.05) is 39.4 Å². The van der Waals surface area contributed by atoms with E-state index in [1.165, 1.54) is 7.11 Å². The molecule has 0 aromatic heterocycles. The third kappa shape index (κ3) is 6.18. The molecular formula is C16H22Cl2N2O3. The molecule has 128 valence electrons. The molecule has 23 heavy (non-hydrogen) atoms. The van der Waals surface area contributed by atoms with Gasteiger partial charge in [0.25, 0.3) is 0 Å². The van der Waals surface area contributed by atoms with Crippen molar-refractivity contribution >= 4 is 29.1 Å². The van der Waals surface area contributed by atoms with Gasteiger partial charge in [-0.1, -0.05) is 23.2 Å². The highest BCUT2D eigenvalue weighted by Gasteiger charge is 2.20. The fraction of sp³-hybridized carbons (Fsp3) is 0.562. The summed E-state index contributed by atoms with van der Waals surface area (Å²) in [7, 11) is 1.51. The van der Waals surface area contributed by atoms with E-state index in [1.807, 2.05) is 6.07 Å². The minimum Gasteiger partial charge on any atom is -0.490 e. The van der Waals surface area contributed by atoms with E-state index < -0.39 is 0 Å². The van der Waals surface area contributed by atoms with Crippen molar-refractivity contribution < 1.29 is 14.3 Å². The first-order valence-electron chi connectivity index (χ1n) is 7.68. The fourth-order valence-corrected chi connectivity index (χ4v) is 2.82. The van der Waals surface area contributed by atoms with Crippen molar-refractivity contribution in [2.24, 2.45) is 0 Å². The number of carbonyl (C=O) groups is 1. The number of hydrogen-bond acceptors (Lipinski definition) is 4. The first kappa shape index (κ1) is 18.3. The average molecular weight is 361 g/mol. The number of ether oxygens (including phenoxy) is 2. The normalized spacial score (nSPS) is 16.3. The number of rotatable bonds is 7. The van der Waals surface area contributed by atoms with Gasteiger partial charge in [-0.3, -0.25) is 4.79 Å². The maximum atomic E-state index is 11.3. The Balaban J connectivity index is 1.67. The Kier molecular flexibility index (Phi) is 7.43. The number of halogens is 2. The lowest BCUT2D eigenvalue weighted by molar-refractivity contribution is -0.124. The number of carbonyl (C=O) groups excluding carboxylic acids is 1. The molecular weight excluding hydrogens is 339 g/mol. The van der Waals surface area contributed by atoms with Gasteiger partial charge in [0.1, 0.15) is 18.5 Å². The van der Waals surface area contributed by atoms with E-state index in [0.717, 1.165) is 38.2 Å². The number of piperidine rings is 1. The van der Waals surface area contributed by atoms with Crippen LogP contribution in [0.15, 0.2) is 18.2 Å². The van der Waals surface area contributed by atoms with E-state index in [4.69, 9.17) is 32.7 Å². The van der Waals surface area contributed by atoms with Crippen LogP contribution in [0.2, 0.25) is 10.0 Å². The smallest absolute Gasteiger partial charge is 0.246 e. The molecule has 1 amide bonds. The zero-order valence-corrected chi connectivity index (χ0v) is 14.7. The third-order valence-electron chi connectivity index (χ3n) is 3.75. The average Bonchev–Trinajstić information content (AvgIpc) is 2.53. The van der Waals surface area contributed by atoms with Crippen LogP contribution in [0.4, 0.5) is 0 Å². The van der Waals surface area contributed by atoms with E-state index in [2.05, 4.69) is 10.2 Å². The first-order valence-corrected chi connectivity index (χ1v) is 8.44. The lowest BCUT2D eigenvalue weighted by Gasteiger charge is -2.32. The van der Waals surface area contributed by atoms with Crippen molar-refractivity contribution in [2.75, 3.05) is 39.9 Å². The zero-order chi connectivity index (χ0) is 16.7. The van der Waals surface area contributed by atoms with E-state index in [0.29, 0.717) is 16.6 Å². The molecule has 5 nitrogen and oxygen atoms in total. The van der Waals surface area contributed by atoms with E-state index in [-0.39, 0.29) is 18.6 Å². The standard InChI is InChI=1S/C16H22Cl2N2O3/c1-22-11-16(21)19-6-9-20-7-4-12(5-8-20)23-13-2-3-14(17)15(18)10-13/h2-3,10,12H,4-9,11H2,1H3,(H,19,21). The molecule has 1 aliphatic rings. The second kappa shape index (κ2) is 9.33. The van der Waals surface area contributed by atoms with Gasteiger partial charge < -0.3 is 19.7 Å². The molecule has 0 unspecified atom stereocenters. The zero-order valence-electron chi connectivity index (χ0n) is 13.2. The fourth-order valence-electron chi connectivity index (χ4n) is 2.53. The van der Waals surface area contributed by atoms with Crippen molar-refractivity contribution in [3.8, 4) is 5.75 Å². The number of nitrogens with one attached hydrogen (secondary N) is 1. The van der Waals surface area contributed by atoms with Gasteiger partial charge in [0.2, 0.25) is 5.91 Å². The highest BCUT2D eigenvalue weighted by atomic mass is 35.5. The second-order valence-corrected chi connectivity index (χ2v) is 6.33. The van der Waals surface area contributed by atoms with Crippen LogP contribution in [0.1, 0.15) is 12.8 Å². The first-order chi connectivity index (χ1) is 11.1. The molecule has 0 bridgehead atoms. The molecule has 0 radical (unpaired) electrons. The van der Waals surface area contributed by atoms with Gasteiger partial charge in [-0.15, -0.1) is 0 Å². The van der Waals surface area contributed by atoms with Gasteiger partial charge in [0.05, 0.1) is 10.0 Å². The molecule has 0 aliphatic carbocycles. The summed E-state index contributed by atoms with van der Waals surface area (Å²) in [6.45, 7) is 3.49. The largest absolute Gasteiger partial charge is 0.490 e. The van der Waals surface area contributed by atoms with Crippen LogP contribution in [-0.4, -0.2) is 56.8 Å². The Morgan fingerprint density at radius 3 is 2.70 bits per heavy atom. The summed E-state index contributed by atoms with van der Waals surface area (Å²) in [5, 5.41) is 3.87. The number of amides is 1. The molecule has 1 aliphatic heterocycles. The van der Waals surface area contributed by atoms with Crippen molar-refractivity contribution in [3.05, 3.63) is 28.2 Å². The van der Waals surface area contributed by atoms with E-state index in [9.17, 15) is 4.79 Å². The molecule has 1 aromatic carbocycles. The molecule has 2 rings (SSSR count). The van der Waals surface area contributed by atoms with Crippen LogP contribution in [0, 0.1) is 0 Å². The Hall–Kier alpha value is -1.01. The number of benzene rings is 1. The molecule has 7 heteroatoms. The van der Waals surface area contributed by atoms with Crippen LogP contribution in [-0.2, 0) is 9.53 Å². The number of hydrogen-bond donors (Lipinski definition) is 1. The highest BCUT2D eigenvalue weighted by Crippen LogP contribution is 2.28. The predicted octanol–water partition coefficient (Wildman–Crippen LogP) is 2.60. The van der Waals surface area contributed by atoms with Crippen LogP contribution in [0.25, 0.3) is 0 Å². The summed E-state index contributed by atoms with van der Waals surface area (Å²) in [5.74, 6) is 0.676. The quantitative estimate of drug-likeness (QED) is 0.811. The topological polar surface area (TPSA) is 50.8 Å². The molecule has 1 fully saturated rings. The Morgan fingerprint density at radius 2 is 2.04 bits per heavy atom. The summed E-state index contributed by atoms with van der Waals surface area (Å²) >= 11 is 11.9. The monoisotopic (exact) mass is 360 g/mol. The summed E-state index contributed by atoms with van der Waals surface area (Å²) in [6, 6.07) is 5.34. The van der Waals surface area contributed by atoms with Crippen LogP contribution < -0.4 is 10.1 Å². The maximum Gasteiger partial charge on any atom is 0.246 e. The van der Waals surface area contributed by atoms with Crippen LogP contribution >= 0.6 is 23.2 Å². The Morgan fingerprint density at radius 1 is 1.30 bits per heavy atom. The maximum absolute atomic E-state index is 11.3. The number of likely N-dealkylation sites (tertiary alicyclic amines) is 1. The number of nitrogens with zero attached hydrogens (tertiary/aromatic N) is 1. The van der Waals surface area contributed by atoms with E-state index in [1.54, 1.807) is 12.1 Å². The molecule has 1 heterocycles. The van der Waals surface area contributed by atoms with Crippen molar-refractivity contribution in [3.63, 3.8) is 0 Å². The second-order valence-electron chi connectivity index (χ2n) is 5.52. The molecule has 1 aromatic rings. The van der Waals surface area contributed by atoms with Gasteiger partial charge in [0.15, 0.2) is 0 Å². The van der Waals surface area contributed by atoms with E-state index >= 15 is 0 Å². The lowest BCUT2D eigenvalue weighted by Crippen LogP contribution is -2.42. The minimum absolute atomic E-state index is 0.0784. The van der Waals surface area contributed by atoms with Crippen molar-refractivity contribution in [2.45, 2.75) is 18.9 Å². The predicted molar refractivity (Wildman–Crippen MR) is 91.4 cm³/mol.